The fourth-order valence-corrected chi connectivity index (χ4v) is 4.65. The van der Waals surface area contributed by atoms with E-state index in [0.29, 0.717) is 17.9 Å². The van der Waals surface area contributed by atoms with E-state index in [4.69, 9.17) is 0 Å². The third-order valence-corrected chi connectivity index (χ3v) is 6.14. The number of rotatable bonds is 3. The maximum atomic E-state index is 12.5. The first-order valence-electron chi connectivity index (χ1n) is 8.83. The van der Waals surface area contributed by atoms with Crippen LogP contribution >= 0.6 is 0 Å². The molecule has 1 aromatic rings. The van der Waals surface area contributed by atoms with Crippen LogP contribution < -0.4 is 0 Å². The Kier molecular flexibility index (Phi) is 3.48. The zero-order valence-corrected chi connectivity index (χ0v) is 13.5. The lowest BCUT2D eigenvalue weighted by Crippen LogP contribution is -2.57. The first-order valence-corrected chi connectivity index (χ1v) is 8.83. The van der Waals surface area contributed by atoms with Crippen LogP contribution in [0.25, 0.3) is 0 Å². The van der Waals surface area contributed by atoms with Gasteiger partial charge in [0, 0.05) is 30.5 Å². The quantitative estimate of drug-likeness (QED) is 0.856. The first-order chi connectivity index (χ1) is 10.7. The number of amides is 1. The minimum Gasteiger partial charge on any atom is -0.341 e. The molecule has 3 fully saturated rings. The Bertz CT molecular complexity index is 554. The van der Waals surface area contributed by atoms with Crippen molar-refractivity contribution in [3.05, 3.63) is 35.9 Å². The lowest BCUT2D eigenvalue weighted by atomic mass is 9.69. The van der Waals surface area contributed by atoms with Crippen LogP contribution in [0.15, 0.2) is 30.3 Å². The fourth-order valence-electron chi connectivity index (χ4n) is 4.65. The van der Waals surface area contributed by atoms with Crippen LogP contribution in [0, 0.1) is 5.92 Å². The Balaban J connectivity index is 1.63. The molecule has 0 aromatic heterocycles. The molecule has 1 aromatic carbocycles. The average molecular weight is 298 g/mol. The van der Waals surface area contributed by atoms with Gasteiger partial charge in [-0.2, -0.15) is 0 Å². The first kappa shape index (κ1) is 14.3. The second-order valence-electron chi connectivity index (χ2n) is 7.23. The summed E-state index contributed by atoms with van der Waals surface area (Å²) in [6.07, 6.45) is 4.58. The Hall–Kier alpha value is -1.35. The summed E-state index contributed by atoms with van der Waals surface area (Å²) in [5.74, 6) is 0.769. The number of hydrogen-bond donors (Lipinski definition) is 0. The van der Waals surface area contributed by atoms with Gasteiger partial charge in [-0.05, 0) is 44.3 Å². The third-order valence-electron chi connectivity index (χ3n) is 6.14. The number of piperidine rings is 1. The van der Waals surface area contributed by atoms with Crippen molar-refractivity contribution in [2.24, 2.45) is 5.92 Å². The van der Waals surface area contributed by atoms with E-state index in [0.717, 1.165) is 38.9 Å². The van der Waals surface area contributed by atoms with Crippen molar-refractivity contribution < 1.29 is 4.79 Å². The molecular formula is C19H26N2O. The van der Waals surface area contributed by atoms with E-state index in [9.17, 15) is 4.79 Å². The van der Waals surface area contributed by atoms with E-state index < -0.39 is 0 Å². The van der Waals surface area contributed by atoms with Gasteiger partial charge in [0.25, 0.3) is 0 Å². The van der Waals surface area contributed by atoms with Crippen LogP contribution in [0.2, 0.25) is 0 Å². The van der Waals surface area contributed by atoms with Crippen molar-refractivity contribution in [3.63, 3.8) is 0 Å². The number of likely N-dealkylation sites (N-methyl/N-ethyl adjacent to an activating group) is 1. The highest BCUT2D eigenvalue weighted by atomic mass is 16.2. The highest BCUT2D eigenvalue weighted by Crippen LogP contribution is 2.46. The second kappa shape index (κ2) is 5.38. The molecule has 2 saturated heterocycles. The van der Waals surface area contributed by atoms with Crippen LogP contribution in [-0.2, 0) is 10.2 Å². The van der Waals surface area contributed by atoms with E-state index in [1.165, 1.54) is 18.5 Å². The minimum atomic E-state index is 0.262. The van der Waals surface area contributed by atoms with E-state index in [1.807, 2.05) is 0 Å². The summed E-state index contributed by atoms with van der Waals surface area (Å²) in [5, 5.41) is 0. The van der Waals surface area contributed by atoms with E-state index in [2.05, 4.69) is 47.1 Å². The zero-order valence-electron chi connectivity index (χ0n) is 13.5. The molecule has 1 amide bonds. The number of fused-ring (bicyclic) bond motifs is 1. The molecular weight excluding hydrogens is 272 g/mol. The zero-order chi connectivity index (χ0) is 15.2. The van der Waals surface area contributed by atoms with Gasteiger partial charge in [0.05, 0.1) is 0 Å². The van der Waals surface area contributed by atoms with E-state index >= 15 is 0 Å². The Morgan fingerprint density at radius 1 is 1.18 bits per heavy atom. The van der Waals surface area contributed by atoms with E-state index in [-0.39, 0.29) is 5.41 Å². The number of carbonyl (C=O) groups excluding carboxylic acids is 1. The van der Waals surface area contributed by atoms with Crippen LogP contribution in [0.4, 0.5) is 0 Å². The van der Waals surface area contributed by atoms with Crippen LogP contribution in [0.3, 0.4) is 0 Å². The molecule has 0 radical (unpaired) electrons. The van der Waals surface area contributed by atoms with Crippen molar-refractivity contribution in [2.45, 2.75) is 44.1 Å². The van der Waals surface area contributed by atoms with Gasteiger partial charge in [0.1, 0.15) is 0 Å². The molecule has 22 heavy (non-hydrogen) atoms. The smallest absolute Gasteiger partial charge is 0.225 e. The lowest BCUT2D eigenvalue weighted by Gasteiger charge is -2.46. The van der Waals surface area contributed by atoms with Gasteiger partial charge in [0.15, 0.2) is 0 Å². The van der Waals surface area contributed by atoms with E-state index in [1.54, 1.807) is 0 Å². The summed E-state index contributed by atoms with van der Waals surface area (Å²) in [7, 11) is 0. The fraction of sp³-hybridized carbons (Fsp3) is 0.632. The molecule has 2 atom stereocenters. The van der Waals surface area contributed by atoms with Crippen LogP contribution in [0.1, 0.15) is 38.2 Å². The van der Waals surface area contributed by atoms with Crippen molar-refractivity contribution in [1.29, 1.82) is 0 Å². The SMILES string of the molecule is CCN1CC[C@]2(c3ccccc3)CCN(C(=O)C3CC3)C[C@H]12. The summed E-state index contributed by atoms with van der Waals surface area (Å²) in [4.78, 5) is 17.3. The molecule has 3 nitrogen and oxygen atoms in total. The Morgan fingerprint density at radius 3 is 2.59 bits per heavy atom. The molecule has 118 valence electrons. The number of likely N-dealkylation sites (tertiary alicyclic amines) is 2. The number of hydrogen-bond acceptors (Lipinski definition) is 2. The number of nitrogens with zero attached hydrogens (tertiary/aromatic N) is 2. The summed E-state index contributed by atoms with van der Waals surface area (Å²) in [6.45, 7) is 6.38. The summed E-state index contributed by atoms with van der Waals surface area (Å²) >= 11 is 0. The Morgan fingerprint density at radius 2 is 1.91 bits per heavy atom. The molecule has 2 aliphatic heterocycles. The van der Waals surface area contributed by atoms with Gasteiger partial charge in [-0.25, -0.2) is 0 Å². The third kappa shape index (κ3) is 2.18. The van der Waals surface area contributed by atoms with Crippen molar-refractivity contribution in [2.75, 3.05) is 26.2 Å². The van der Waals surface area contributed by atoms with Crippen LogP contribution in [0.5, 0.6) is 0 Å². The molecule has 0 spiro atoms. The normalized spacial score (nSPS) is 32.0. The average Bonchev–Trinajstić information content (AvgIpc) is 3.35. The number of carbonyl (C=O) groups is 1. The van der Waals surface area contributed by atoms with Gasteiger partial charge in [0.2, 0.25) is 5.91 Å². The maximum absolute atomic E-state index is 12.5. The molecule has 3 aliphatic rings. The molecule has 0 unspecified atom stereocenters. The highest BCUT2D eigenvalue weighted by molar-refractivity contribution is 5.81. The van der Waals surface area contributed by atoms with Crippen molar-refractivity contribution in [1.82, 2.24) is 9.80 Å². The Labute approximate surface area is 133 Å². The van der Waals surface area contributed by atoms with Crippen molar-refractivity contribution in [3.8, 4) is 0 Å². The predicted molar refractivity (Wildman–Crippen MR) is 87.7 cm³/mol. The van der Waals surface area contributed by atoms with Gasteiger partial charge < -0.3 is 4.90 Å². The predicted octanol–water partition coefficient (Wildman–Crippen LogP) is 2.66. The highest BCUT2D eigenvalue weighted by Gasteiger charge is 2.52. The monoisotopic (exact) mass is 298 g/mol. The topological polar surface area (TPSA) is 23.6 Å². The largest absolute Gasteiger partial charge is 0.341 e. The molecule has 0 N–H and O–H groups in total. The van der Waals surface area contributed by atoms with Crippen molar-refractivity contribution >= 4 is 5.91 Å². The molecule has 3 heteroatoms. The van der Waals surface area contributed by atoms with Gasteiger partial charge in [-0.15, -0.1) is 0 Å². The minimum absolute atomic E-state index is 0.262. The summed E-state index contributed by atoms with van der Waals surface area (Å²) in [5.41, 5.74) is 1.74. The second-order valence-corrected chi connectivity index (χ2v) is 7.23. The molecule has 2 heterocycles. The van der Waals surface area contributed by atoms with Gasteiger partial charge in [-0.1, -0.05) is 37.3 Å². The molecule has 1 aliphatic carbocycles. The van der Waals surface area contributed by atoms with Gasteiger partial charge in [-0.3, -0.25) is 9.69 Å². The van der Waals surface area contributed by atoms with Gasteiger partial charge >= 0.3 is 0 Å². The maximum Gasteiger partial charge on any atom is 0.225 e. The summed E-state index contributed by atoms with van der Waals surface area (Å²) in [6, 6.07) is 11.5. The summed E-state index contributed by atoms with van der Waals surface area (Å²) < 4.78 is 0. The molecule has 4 rings (SSSR count). The standard InChI is InChI=1S/C19H26N2O/c1-2-20-12-10-19(16-6-4-3-5-7-16)11-13-21(14-17(19)20)18(22)15-8-9-15/h3-7,15,17H,2,8-14H2,1H3/t17-,19+/m0/s1. The van der Waals surface area contributed by atoms with Crippen LogP contribution in [-0.4, -0.2) is 47.9 Å². The molecule has 0 bridgehead atoms. The lowest BCUT2D eigenvalue weighted by molar-refractivity contribution is -0.135. The number of benzene rings is 1. The molecule has 1 saturated carbocycles.